The quantitative estimate of drug-likeness (QED) is 0.519. The van der Waals surface area contributed by atoms with E-state index in [4.69, 9.17) is 9.47 Å². The van der Waals surface area contributed by atoms with E-state index >= 15 is 0 Å². The second-order valence-corrected chi connectivity index (χ2v) is 6.74. The second kappa shape index (κ2) is 11.0. The number of hydrogen-bond donors (Lipinski definition) is 2. The maximum atomic E-state index is 10.2. The summed E-state index contributed by atoms with van der Waals surface area (Å²) in [5, 5.41) is 13.5. The molecule has 1 aromatic carbocycles. The highest BCUT2D eigenvalue weighted by atomic mass is 16.5. The molecule has 1 aromatic rings. The zero-order chi connectivity index (χ0) is 18.8. The lowest BCUT2D eigenvalue weighted by Gasteiger charge is -2.22. The summed E-state index contributed by atoms with van der Waals surface area (Å²) >= 11 is 0. The minimum atomic E-state index is -0.633. The molecular weight excluding hydrogens is 330 g/mol. The number of aliphatic imine (C=N–C) groups is 1. The summed E-state index contributed by atoms with van der Waals surface area (Å²) in [7, 11) is 0. The van der Waals surface area contributed by atoms with Gasteiger partial charge in [0, 0.05) is 32.2 Å². The molecular formula is C20H33N3O3. The highest BCUT2D eigenvalue weighted by molar-refractivity contribution is 5.80. The second-order valence-electron chi connectivity index (χ2n) is 6.74. The maximum absolute atomic E-state index is 10.2. The van der Waals surface area contributed by atoms with E-state index in [9.17, 15) is 5.11 Å². The van der Waals surface area contributed by atoms with Gasteiger partial charge in [0.05, 0.1) is 13.2 Å². The summed E-state index contributed by atoms with van der Waals surface area (Å²) in [6, 6.07) is 7.83. The lowest BCUT2D eigenvalue weighted by atomic mass is 10.1. The summed E-state index contributed by atoms with van der Waals surface area (Å²) in [5.74, 6) is 2.19. The van der Waals surface area contributed by atoms with Gasteiger partial charge in [-0.3, -0.25) is 4.99 Å². The van der Waals surface area contributed by atoms with Crippen molar-refractivity contribution in [2.24, 2.45) is 10.9 Å². The minimum Gasteiger partial charge on any atom is -0.491 e. The molecule has 0 bridgehead atoms. The van der Waals surface area contributed by atoms with Crippen LogP contribution < -0.4 is 10.1 Å². The molecule has 1 fully saturated rings. The van der Waals surface area contributed by atoms with Gasteiger partial charge < -0.3 is 24.8 Å². The number of nitrogens with zero attached hydrogens (tertiary/aromatic N) is 2. The summed E-state index contributed by atoms with van der Waals surface area (Å²) < 4.78 is 11.2. The molecule has 0 aliphatic carbocycles. The average molecular weight is 364 g/mol. The van der Waals surface area contributed by atoms with E-state index in [1.165, 1.54) is 0 Å². The van der Waals surface area contributed by atoms with Crippen molar-refractivity contribution in [3.63, 3.8) is 0 Å². The number of rotatable bonds is 9. The van der Waals surface area contributed by atoms with Crippen LogP contribution in [0.3, 0.4) is 0 Å². The number of aliphatic hydroxyl groups is 1. The van der Waals surface area contributed by atoms with Gasteiger partial charge in [0.25, 0.3) is 0 Å². The van der Waals surface area contributed by atoms with Crippen LogP contribution >= 0.6 is 0 Å². The predicted molar refractivity (Wildman–Crippen MR) is 105 cm³/mol. The highest BCUT2D eigenvalue weighted by Gasteiger charge is 2.25. The molecule has 1 heterocycles. The molecule has 2 atom stereocenters. The third kappa shape index (κ3) is 6.84. The van der Waals surface area contributed by atoms with E-state index in [1.54, 1.807) is 0 Å². The predicted octanol–water partition coefficient (Wildman–Crippen LogP) is 2.06. The Morgan fingerprint density at radius 1 is 1.42 bits per heavy atom. The number of likely N-dealkylation sites (tertiary alicyclic amines) is 1. The molecule has 0 aromatic heterocycles. The van der Waals surface area contributed by atoms with Crippen molar-refractivity contribution in [1.82, 2.24) is 10.2 Å². The van der Waals surface area contributed by atoms with Crippen LogP contribution in [0.2, 0.25) is 0 Å². The number of guanidine groups is 1. The van der Waals surface area contributed by atoms with Crippen LogP contribution in [-0.4, -0.2) is 68.1 Å². The van der Waals surface area contributed by atoms with Gasteiger partial charge in [-0.05, 0) is 44.9 Å². The largest absolute Gasteiger partial charge is 0.491 e. The van der Waals surface area contributed by atoms with Crippen LogP contribution in [0, 0.1) is 12.8 Å². The van der Waals surface area contributed by atoms with Crippen LogP contribution in [0.15, 0.2) is 29.3 Å². The minimum absolute atomic E-state index is 0.235. The Labute approximate surface area is 157 Å². The van der Waals surface area contributed by atoms with Crippen molar-refractivity contribution < 1.29 is 14.6 Å². The van der Waals surface area contributed by atoms with Crippen LogP contribution in [-0.2, 0) is 4.74 Å². The molecule has 0 radical (unpaired) electrons. The smallest absolute Gasteiger partial charge is 0.194 e. The fourth-order valence-corrected chi connectivity index (χ4v) is 3.01. The summed E-state index contributed by atoms with van der Waals surface area (Å²) in [6.45, 7) is 10.9. The average Bonchev–Trinajstić information content (AvgIpc) is 3.10. The first-order valence-corrected chi connectivity index (χ1v) is 9.60. The summed E-state index contributed by atoms with van der Waals surface area (Å²) in [6.07, 6.45) is 0.481. The lowest BCUT2D eigenvalue weighted by Crippen LogP contribution is -2.41. The molecule has 2 N–H and O–H groups in total. The first-order chi connectivity index (χ1) is 12.6. The Morgan fingerprint density at radius 3 is 3.00 bits per heavy atom. The molecule has 2 unspecified atom stereocenters. The first-order valence-electron chi connectivity index (χ1n) is 9.60. The molecule has 0 spiro atoms. The van der Waals surface area contributed by atoms with Crippen LogP contribution in [0.5, 0.6) is 5.75 Å². The van der Waals surface area contributed by atoms with E-state index in [2.05, 4.69) is 22.1 Å². The molecule has 2 rings (SSSR count). The van der Waals surface area contributed by atoms with Crippen LogP contribution in [0.25, 0.3) is 0 Å². The van der Waals surface area contributed by atoms with Crippen molar-refractivity contribution in [3.05, 3.63) is 29.8 Å². The molecule has 1 aliphatic rings. The van der Waals surface area contributed by atoms with Crippen molar-refractivity contribution in [3.8, 4) is 5.75 Å². The van der Waals surface area contributed by atoms with Crippen molar-refractivity contribution in [1.29, 1.82) is 0 Å². The topological polar surface area (TPSA) is 66.3 Å². The number of ether oxygens (including phenoxy) is 2. The third-order valence-corrected chi connectivity index (χ3v) is 4.36. The Bertz CT molecular complexity index is 565. The van der Waals surface area contributed by atoms with Crippen molar-refractivity contribution >= 4 is 5.96 Å². The normalized spacial score (nSPS) is 18.8. The Hall–Kier alpha value is -1.79. The zero-order valence-corrected chi connectivity index (χ0v) is 16.3. The van der Waals surface area contributed by atoms with E-state index in [0.29, 0.717) is 12.5 Å². The summed E-state index contributed by atoms with van der Waals surface area (Å²) in [4.78, 5) is 6.85. The molecule has 146 valence electrons. The fraction of sp³-hybridized carbons (Fsp3) is 0.650. The number of hydrogen-bond acceptors (Lipinski definition) is 4. The van der Waals surface area contributed by atoms with Crippen LogP contribution in [0.1, 0.15) is 25.8 Å². The highest BCUT2D eigenvalue weighted by Crippen LogP contribution is 2.17. The van der Waals surface area contributed by atoms with Gasteiger partial charge in [-0.25, -0.2) is 0 Å². The fourth-order valence-electron chi connectivity index (χ4n) is 3.01. The lowest BCUT2D eigenvalue weighted by molar-refractivity contribution is 0.113. The Morgan fingerprint density at radius 2 is 2.27 bits per heavy atom. The molecule has 6 heteroatoms. The zero-order valence-electron chi connectivity index (χ0n) is 16.3. The van der Waals surface area contributed by atoms with Gasteiger partial charge >= 0.3 is 0 Å². The Kier molecular flexibility index (Phi) is 8.71. The third-order valence-electron chi connectivity index (χ3n) is 4.36. The first kappa shape index (κ1) is 20.5. The molecule has 1 saturated heterocycles. The number of aliphatic hydroxyl groups excluding tert-OH is 1. The van der Waals surface area contributed by atoms with Gasteiger partial charge in [0.2, 0.25) is 0 Å². The molecule has 26 heavy (non-hydrogen) atoms. The van der Waals surface area contributed by atoms with Gasteiger partial charge in [-0.2, -0.15) is 0 Å². The van der Waals surface area contributed by atoms with E-state index < -0.39 is 6.10 Å². The number of nitrogens with one attached hydrogen (secondary N) is 1. The van der Waals surface area contributed by atoms with E-state index in [1.807, 2.05) is 38.1 Å². The summed E-state index contributed by atoms with van der Waals surface area (Å²) in [5.41, 5.74) is 1.14. The molecule has 0 amide bonds. The monoisotopic (exact) mass is 363 g/mol. The maximum Gasteiger partial charge on any atom is 0.194 e. The standard InChI is InChI=1S/C20H33N3O3/c1-4-21-20(23-10-9-17(13-23)14-25-5-2)22-12-18(24)15-26-19-8-6-7-16(3)11-19/h6-8,11,17-18,24H,4-5,9-10,12-15H2,1-3H3,(H,21,22). The van der Waals surface area contributed by atoms with Crippen molar-refractivity contribution in [2.45, 2.75) is 33.3 Å². The van der Waals surface area contributed by atoms with Gasteiger partial charge in [-0.1, -0.05) is 12.1 Å². The van der Waals surface area contributed by atoms with E-state index in [0.717, 1.165) is 56.5 Å². The van der Waals surface area contributed by atoms with E-state index in [-0.39, 0.29) is 6.61 Å². The SMILES string of the molecule is CCNC(=NCC(O)COc1cccc(C)c1)N1CCC(COCC)C1. The molecule has 0 saturated carbocycles. The Balaban J connectivity index is 1.82. The molecule has 1 aliphatic heterocycles. The number of aryl methyl sites for hydroxylation is 1. The van der Waals surface area contributed by atoms with Gasteiger partial charge in [0.15, 0.2) is 5.96 Å². The van der Waals surface area contributed by atoms with Gasteiger partial charge in [0.1, 0.15) is 18.5 Å². The number of benzene rings is 1. The van der Waals surface area contributed by atoms with Crippen LogP contribution in [0.4, 0.5) is 0 Å². The van der Waals surface area contributed by atoms with Gasteiger partial charge in [-0.15, -0.1) is 0 Å². The molecule has 6 nitrogen and oxygen atoms in total. The van der Waals surface area contributed by atoms with Crippen molar-refractivity contribution in [2.75, 3.05) is 46.0 Å².